The summed E-state index contributed by atoms with van der Waals surface area (Å²) < 4.78 is 10.5. The Morgan fingerprint density at radius 2 is 2.25 bits per heavy atom. The van der Waals surface area contributed by atoms with E-state index >= 15 is 0 Å². The number of nitrogens with one attached hydrogen (secondary N) is 1. The van der Waals surface area contributed by atoms with E-state index in [2.05, 4.69) is 16.0 Å². The first-order chi connectivity index (χ1) is 9.68. The van der Waals surface area contributed by atoms with E-state index in [0.29, 0.717) is 19.0 Å². The number of aromatic amines is 1. The van der Waals surface area contributed by atoms with Crippen molar-refractivity contribution in [1.82, 2.24) is 9.97 Å². The predicted octanol–water partition coefficient (Wildman–Crippen LogP) is 2.19. The van der Waals surface area contributed by atoms with E-state index < -0.39 is 5.41 Å². The fraction of sp³-hybridized carbons (Fsp3) is 0.333. The normalized spacial score (nSPS) is 16.2. The summed E-state index contributed by atoms with van der Waals surface area (Å²) in [4.78, 5) is 7.58. The minimum atomic E-state index is -0.630. The van der Waals surface area contributed by atoms with Crippen LogP contribution in [0.4, 0.5) is 0 Å². The van der Waals surface area contributed by atoms with Gasteiger partial charge in [0.05, 0.1) is 38.3 Å². The second-order valence-corrected chi connectivity index (χ2v) is 5.04. The van der Waals surface area contributed by atoms with E-state index in [-0.39, 0.29) is 0 Å². The molecule has 0 aliphatic carbocycles. The zero-order valence-electron chi connectivity index (χ0n) is 11.4. The molecular formula is C15H15N3O2. The maximum atomic E-state index is 9.30. The third kappa shape index (κ3) is 1.86. The maximum absolute atomic E-state index is 9.30. The number of benzene rings is 1. The first kappa shape index (κ1) is 12.7. The van der Waals surface area contributed by atoms with Crippen molar-refractivity contribution in [2.75, 3.05) is 20.3 Å². The molecule has 1 aromatic carbocycles. The van der Waals surface area contributed by atoms with Crippen LogP contribution >= 0.6 is 0 Å². The van der Waals surface area contributed by atoms with Crippen molar-refractivity contribution >= 4 is 0 Å². The van der Waals surface area contributed by atoms with E-state index in [4.69, 9.17) is 9.47 Å². The lowest BCUT2D eigenvalue weighted by molar-refractivity contribution is -0.0335. The van der Waals surface area contributed by atoms with Gasteiger partial charge in [-0.15, -0.1) is 0 Å². The third-order valence-electron chi connectivity index (χ3n) is 3.59. The Hall–Kier alpha value is -2.32. The minimum Gasteiger partial charge on any atom is -0.496 e. The molecule has 1 fully saturated rings. The fourth-order valence-electron chi connectivity index (χ4n) is 2.29. The highest BCUT2D eigenvalue weighted by Crippen LogP contribution is 2.34. The Labute approximate surface area is 117 Å². The van der Waals surface area contributed by atoms with Crippen LogP contribution in [0.1, 0.15) is 11.4 Å². The molecule has 3 rings (SSSR count). The molecule has 5 heteroatoms. The van der Waals surface area contributed by atoms with Gasteiger partial charge in [-0.2, -0.15) is 5.26 Å². The minimum absolute atomic E-state index is 0.390. The van der Waals surface area contributed by atoms with E-state index in [1.54, 1.807) is 13.3 Å². The number of nitrogens with zero attached hydrogens (tertiary/aromatic N) is 2. The lowest BCUT2D eigenvalue weighted by Crippen LogP contribution is -2.46. The van der Waals surface area contributed by atoms with Crippen LogP contribution in [-0.4, -0.2) is 30.3 Å². The zero-order valence-corrected chi connectivity index (χ0v) is 11.4. The number of aryl methyl sites for hydroxylation is 1. The molecule has 2 aromatic rings. The van der Waals surface area contributed by atoms with E-state index in [1.807, 2.05) is 25.1 Å². The standard InChI is InChI=1S/C15H15N3O2/c1-10-3-4-13(19-2)11(5-10)12-6-17-14(18-12)15(7-16)8-20-9-15/h3-6H,8-9H2,1-2H3,(H,17,18). The highest BCUT2D eigenvalue weighted by Gasteiger charge is 2.43. The summed E-state index contributed by atoms with van der Waals surface area (Å²) >= 11 is 0. The molecule has 0 spiro atoms. The van der Waals surface area contributed by atoms with Gasteiger partial charge in [0.1, 0.15) is 11.6 Å². The van der Waals surface area contributed by atoms with Crippen LogP contribution in [0.15, 0.2) is 24.4 Å². The number of nitriles is 1. The van der Waals surface area contributed by atoms with Crippen LogP contribution in [0.3, 0.4) is 0 Å². The SMILES string of the molecule is COc1ccc(C)cc1-c1cnc(C2(C#N)COC2)[nH]1. The third-order valence-corrected chi connectivity index (χ3v) is 3.59. The molecule has 2 heterocycles. The lowest BCUT2D eigenvalue weighted by atomic mass is 9.87. The molecule has 102 valence electrons. The van der Waals surface area contributed by atoms with Crippen LogP contribution in [0.2, 0.25) is 0 Å². The van der Waals surface area contributed by atoms with Gasteiger partial charge in [-0.1, -0.05) is 11.6 Å². The van der Waals surface area contributed by atoms with Crippen LogP contribution < -0.4 is 4.74 Å². The van der Waals surface area contributed by atoms with Crippen molar-refractivity contribution in [3.63, 3.8) is 0 Å². The Morgan fingerprint density at radius 1 is 1.45 bits per heavy atom. The maximum Gasteiger partial charge on any atom is 0.161 e. The van der Waals surface area contributed by atoms with Crippen LogP contribution in [0, 0.1) is 18.3 Å². The number of ether oxygens (including phenoxy) is 2. The number of H-pyrrole nitrogens is 1. The molecule has 1 N–H and O–H groups in total. The highest BCUT2D eigenvalue weighted by atomic mass is 16.5. The van der Waals surface area contributed by atoms with Crippen molar-refractivity contribution in [2.24, 2.45) is 0 Å². The fourth-order valence-corrected chi connectivity index (χ4v) is 2.29. The Kier molecular flexibility index (Phi) is 2.96. The Balaban J connectivity index is 2.03. The molecule has 1 saturated heterocycles. The first-order valence-corrected chi connectivity index (χ1v) is 6.38. The summed E-state index contributed by atoms with van der Waals surface area (Å²) in [5.74, 6) is 1.44. The van der Waals surface area contributed by atoms with E-state index in [9.17, 15) is 5.26 Å². The molecular weight excluding hydrogens is 254 g/mol. The van der Waals surface area contributed by atoms with Gasteiger partial charge in [0, 0.05) is 5.56 Å². The summed E-state index contributed by atoms with van der Waals surface area (Å²) in [5, 5.41) is 9.30. The monoisotopic (exact) mass is 269 g/mol. The van der Waals surface area contributed by atoms with Crippen molar-refractivity contribution in [3.8, 4) is 23.1 Å². The number of aromatic nitrogens is 2. The number of methoxy groups -OCH3 is 1. The smallest absolute Gasteiger partial charge is 0.161 e. The summed E-state index contributed by atoms with van der Waals surface area (Å²) in [6, 6.07) is 8.24. The predicted molar refractivity (Wildman–Crippen MR) is 73.4 cm³/mol. The average Bonchev–Trinajstić information content (AvgIpc) is 2.88. The molecule has 1 aliphatic rings. The van der Waals surface area contributed by atoms with Crippen LogP contribution in [-0.2, 0) is 10.2 Å². The number of hydrogen-bond donors (Lipinski definition) is 1. The van der Waals surface area contributed by atoms with Gasteiger partial charge < -0.3 is 14.5 Å². The molecule has 0 bridgehead atoms. The Morgan fingerprint density at radius 3 is 2.85 bits per heavy atom. The number of rotatable bonds is 3. The molecule has 20 heavy (non-hydrogen) atoms. The number of hydrogen-bond acceptors (Lipinski definition) is 4. The molecule has 0 unspecified atom stereocenters. The summed E-state index contributed by atoms with van der Waals surface area (Å²) in [6.45, 7) is 2.81. The van der Waals surface area contributed by atoms with E-state index in [1.165, 1.54) is 0 Å². The quantitative estimate of drug-likeness (QED) is 0.927. The van der Waals surface area contributed by atoms with Gasteiger partial charge in [-0.3, -0.25) is 0 Å². The molecule has 0 atom stereocenters. The largest absolute Gasteiger partial charge is 0.496 e. The summed E-state index contributed by atoms with van der Waals surface area (Å²) in [6.07, 6.45) is 1.74. The van der Waals surface area contributed by atoms with Gasteiger partial charge in [0.15, 0.2) is 5.41 Å². The number of imidazole rings is 1. The molecule has 1 aromatic heterocycles. The topological polar surface area (TPSA) is 70.9 Å². The van der Waals surface area contributed by atoms with Gasteiger partial charge in [0.2, 0.25) is 0 Å². The first-order valence-electron chi connectivity index (χ1n) is 6.38. The van der Waals surface area contributed by atoms with E-state index in [0.717, 1.165) is 22.6 Å². The molecule has 0 saturated carbocycles. The van der Waals surface area contributed by atoms with Gasteiger partial charge in [0.25, 0.3) is 0 Å². The second kappa shape index (κ2) is 4.66. The van der Waals surface area contributed by atoms with Crippen molar-refractivity contribution < 1.29 is 9.47 Å². The van der Waals surface area contributed by atoms with Gasteiger partial charge in [-0.25, -0.2) is 4.98 Å². The molecule has 0 amide bonds. The van der Waals surface area contributed by atoms with Crippen molar-refractivity contribution in [1.29, 1.82) is 5.26 Å². The van der Waals surface area contributed by atoms with Gasteiger partial charge >= 0.3 is 0 Å². The molecule has 0 radical (unpaired) electrons. The summed E-state index contributed by atoms with van der Waals surface area (Å²) in [5.41, 5.74) is 2.30. The van der Waals surface area contributed by atoms with Crippen molar-refractivity contribution in [3.05, 3.63) is 35.8 Å². The van der Waals surface area contributed by atoms with Gasteiger partial charge in [-0.05, 0) is 19.1 Å². The summed E-state index contributed by atoms with van der Waals surface area (Å²) in [7, 11) is 1.64. The second-order valence-electron chi connectivity index (χ2n) is 5.04. The van der Waals surface area contributed by atoms with Crippen molar-refractivity contribution in [2.45, 2.75) is 12.3 Å². The molecule has 5 nitrogen and oxygen atoms in total. The highest BCUT2D eigenvalue weighted by molar-refractivity contribution is 5.68. The Bertz CT molecular complexity index is 681. The van der Waals surface area contributed by atoms with Crippen LogP contribution in [0.5, 0.6) is 5.75 Å². The average molecular weight is 269 g/mol. The lowest BCUT2D eigenvalue weighted by Gasteiger charge is -2.32. The molecule has 1 aliphatic heterocycles. The zero-order chi connectivity index (χ0) is 14.2. The van der Waals surface area contributed by atoms with Crippen LogP contribution in [0.25, 0.3) is 11.3 Å².